The summed E-state index contributed by atoms with van der Waals surface area (Å²) in [7, 11) is 0. The van der Waals surface area contributed by atoms with Crippen LogP contribution in [0.5, 0.6) is 0 Å². The summed E-state index contributed by atoms with van der Waals surface area (Å²) in [4.78, 5) is 2.72. The summed E-state index contributed by atoms with van der Waals surface area (Å²) in [5.74, 6) is 0.692. The normalized spacial score (nSPS) is 38.8. The van der Waals surface area contributed by atoms with Crippen molar-refractivity contribution in [1.29, 1.82) is 0 Å². The van der Waals surface area contributed by atoms with Crippen LogP contribution in [0.3, 0.4) is 0 Å². The third-order valence-corrected chi connectivity index (χ3v) is 5.27. The second-order valence-corrected chi connectivity index (χ2v) is 7.07. The largest absolute Gasteiger partial charge is 0.377 e. The maximum Gasteiger partial charge on any atom is 0.0728 e. The monoisotopic (exact) mass is 268 g/mol. The molecule has 0 aromatic carbocycles. The molecule has 19 heavy (non-hydrogen) atoms. The molecule has 0 saturated carbocycles. The van der Waals surface area contributed by atoms with Gasteiger partial charge in [-0.15, -0.1) is 0 Å². The average molecular weight is 268 g/mol. The van der Waals surface area contributed by atoms with Gasteiger partial charge in [0, 0.05) is 37.3 Å². The van der Waals surface area contributed by atoms with Crippen molar-refractivity contribution in [3.63, 3.8) is 0 Å². The Bertz CT molecular complexity index is 288. The lowest BCUT2D eigenvalue weighted by Crippen LogP contribution is -2.67. The van der Waals surface area contributed by atoms with Crippen LogP contribution in [0.2, 0.25) is 0 Å². The molecule has 2 aliphatic heterocycles. The number of rotatable bonds is 4. The van der Waals surface area contributed by atoms with E-state index in [9.17, 15) is 0 Å². The van der Waals surface area contributed by atoms with Crippen molar-refractivity contribution < 1.29 is 4.74 Å². The molecule has 0 bridgehead atoms. The summed E-state index contributed by atoms with van der Waals surface area (Å²) < 4.78 is 5.94. The number of nitrogens with one attached hydrogen (secondary N) is 1. The zero-order valence-corrected chi connectivity index (χ0v) is 13.4. The van der Waals surface area contributed by atoms with E-state index in [4.69, 9.17) is 4.74 Å². The van der Waals surface area contributed by atoms with Gasteiger partial charge in [0.15, 0.2) is 0 Å². The van der Waals surface area contributed by atoms with Crippen molar-refractivity contribution in [2.24, 2.45) is 5.92 Å². The van der Waals surface area contributed by atoms with Crippen LogP contribution >= 0.6 is 0 Å². The Kier molecular flexibility index (Phi) is 4.91. The minimum atomic E-state index is 0.262. The van der Waals surface area contributed by atoms with Gasteiger partial charge in [-0.3, -0.25) is 4.90 Å². The highest BCUT2D eigenvalue weighted by molar-refractivity contribution is 4.98. The lowest BCUT2D eigenvalue weighted by atomic mass is 9.88. The lowest BCUT2D eigenvalue weighted by molar-refractivity contribution is -0.0304. The molecule has 4 unspecified atom stereocenters. The number of nitrogens with zero attached hydrogens (tertiary/aromatic N) is 1. The molecule has 2 fully saturated rings. The fraction of sp³-hybridized carbons (Fsp3) is 1.00. The predicted octanol–water partition coefficient (Wildman–Crippen LogP) is 2.65. The van der Waals surface area contributed by atoms with Gasteiger partial charge in [-0.1, -0.05) is 20.8 Å². The van der Waals surface area contributed by atoms with Gasteiger partial charge in [-0.05, 0) is 39.0 Å². The van der Waals surface area contributed by atoms with Crippen LogP contribution in [0.1, 0.15) is 53.9 Å². The van der Waals surface area contributed by atoms with Crippen LogP contribution in [0.4, 0.5) is 0 Å². The van der Waals surface area contributed by atoms with Crippen molar-refractivity contribution in [1.82, 2.24) is 10.2 Å². The molecule has 2 saturated heterocycles. The van der Waals surface area contributed by atoms with E-state index in [-0.39, 0.29) is 5.54 Å². The average Bonchev–Trinajstić information content (AvgIpc) is 2.91. The van der Waals surface area contributed by atoms with E-state index >= 15 is 0 Å². The standard InChI is InChI=1S/C16H32N2O/c1-6-16(5)11-18(14(10-17-16)12(2)3)13(4)15-8-7-9-19-15/h12-15,17H,6-11H2,1-5H3. The molecule has 0 aromatic rings. The molecule has 0 aliphatic carbocycles. The van der Waals surface area contributed by atoms with Gasteiger partial charge in [0.2, 0.25) is 0 Å². The molecular weight excluding hydrogens is 236 g/mol. The number of hydrogen-bond donors (Lipinski definition) is 1. The fourth-order valence-corrected chi connectivity index (χ4v) is 3.54. The van der Waals surface area contributed by atoms with Gasteiger partial charge in [-0.2, -0.15) is 0 Å². The zero-order chi connectivity index (χ0) is 14.0. The van der Waals surface area contributed by atoms with Crippen LogP contribution < -0.4 is 5.32 Å². The van der Waals surface area contributed by atoms with Crippen LogP contribution in [0, 0.1) is 5.92 Å². The Morgan fingerprint density at radius 2 is 2.11 bits per heavy atom. The predicted molar refractivity (Wildman–Crippen MR) is 80.5 cm³/mol. The minimum absolute atomic E-state index is 0.262. The van der Waals surface area contributed by atoms with E-state index in [0.29, 0.717) is 24.1 Å². The Hall–Kier alpha value is -0.120. The van der Waals surface area contributed by atoms with E-state index in [0.717, 1.165) is 19.7 Å². The minimum Gasteiger partial charge on any atom is -0.377 e. The highest BCUT2D eigenvalue weighted by Crippen LogP contribution is 2.28. The summed E-state index contributed by atoms with van der Waals surface area (Å²) in [6.07, 6.45) is 4.10. The van der Waals surface area contributed by atoms with Crippen LogP contribution in [-0.4, -0.2) is 48.3 Å². The first-order valence-electron chi connectivity index (χ1n) is 8.09. The highest BCUT2D eigenvalue weighted by Gasteiger charge is 2.40. The highest BCUT2D eigenvalue weighted by atomic mass is 16.5. The molecule has 4 atom stereocenters. The quantitative estimate of drug-likeness (QED) is 0.848. The third kappa shape index (κ3) is 3.32. The van der Waals surface area contributed by atoms with Crippen molar-refractivity contribution >= 4 is 0 Å². The molecule has 2 rings (SSSR count). The molecule has 2 aliphatic rings. The maximum absolute atomic E-state index is 5.94. The number of hydrogen-bond acceptors (Lipinski definition) is 3. The molecule has 3 nitrogen and oxygen atoms in total. The van der Waals surface area contributed by atoms with Crippen LogP contribution in [-0.2, 0) is 4.74 Å². The van der Waals surface area contributed by atoms with Crippen molar-refractivity contribution in [3.05, 3.63) is 0 Å². The molecule has 0 aromatic heterocycles. The van der Waals surface area contributed by atoms with Gasteiger partial charge in [0.05, 0.1) is 6.10 Å². The second-order valence-electron chi connectivity index (χ2n) is 7.07. The van der Waals surface area contributed by atoms with E-state index in [1.54, 1.807) is 0 Å². The van der Waals surface area contributed by atoms with Crippen molar-refractivity contribution in [2.75, 3.05) is 19.7 Å². The maximum atomic E-state index is 5.94. The third-order valence-electron chi connectivity index (χ3n) is 5.27. The first-order valence-corrected chi connectivity index (χ1v) is 8.09. The molecule has 0 amide bonds. The van der Waals surface area contributed by atoms with Gasteiger partial charge >= 0.3 is 0 Å². The summed E-state index contributed by atoms with van der Waals surface area (Å²) in [5.41, 5.74) is 0.262. The van der Waals surface area contributed by atoms with Crippen molar-refractivity contribution in [3.8, 4) is 0 Å². The molecule has 3 heteroatoms. The summed E-state index contributed by atoms with van der Waals surface area (Å²) in [6.45, 7) is 14.9. The number of piperazine rings is 1. The van der Waals surface area contributed by atoms with Gasteiger partial charge in [-0.25, -0.2) is 0 Å². The topological polar surface area (TPSA) is 24.5 Å². The van der Waals surface area contributed by atoms with E-state index in [2.05, 4.69) is 44.8 Å². The Morgan fingerprint density at radius 1 is 1.37 bits per heavy atom. The number of ether oxygens (including phenoxy) is 1. The van der Waals surface area contributed by atoms with Gasteiger partial charge < -0.3 is 10.1 Å². The van der Waals surface area contributed by atoms with E-state index in [1.165, 1.54) is 19.3 Å². The fourth-order valence-electron chi connectivity index (χ4n) is 3.54. The Morgan fingerprint density at radius 3 is 2.63 bits per heavy atom. The van der Waals surface area contributed by atoms with Gasteiger partial charge in [0.25, 0.3) is 0 Å². The smallest absolute Gasteiger partial charge is 0.0728 e. The SMILES string of the molecule is CCC1(C)CN(C(C)C2CCCO2)C(C(C)C)CN1. The van der Waals surface area contributed by atoms with E-state index < -0.39 is 0 Å². The molecule has 0 spiro atoms. The Balaban J connectivity index is 2.10. The summed E-state index contributed by atoms with van der Waals surface area (Å²) in [6, 6.07) is 1.18. The molecule has 1 N–H and O–H groups in total. The summed E-state index contributed by atoms with van der Waals surface area (Å²) >= 11 is 0. The first-order chi connectivity index (χ1) is 8.97. The summed E-state index contributed by atoms with van der Waals surface area (Å²) in [5, 5.41) is 3.77. The molecular formula is C16H32N2O. The lowest BCUT2D eigenvalue weighted by Gasteiger charge is -2.50. The second kappa shape index (κ2) is 6.11. The first kappa shape index (κ1) is 15.3. The van der Waals surface area contributed by atoms with E-state index in [1.807, 2.05) is 0 Å². The van der Waals surface area contributed by atoms with Gasteiger partial charge in [0.1, 0.15) is 0 Å². The molecule has 2 heterocycles. The van der Waals surface area contributed by atoms with Crippen molar-refractivity contribution in [2.45, 2.75) is 77.6 Å². The van der Waals surface area contributed by atoms with Crippen LogP contribution in [0.25, 0.3) is 0 Å². The van der Waals surface area contributed by atoms with Crippen LogP contribution in [0.15, 0.2) is 0 Å². The molecule has 0 radical (unpaired) electrons. The zero-order valence-electron chi connectivity index (χ0n) is 13.4. The Labute approximate surface area is 119 Å². The molecule has 112 valence electrons.